The summed E-state index contributed by atoms with van der Waals surface area (Å²) in [6, 6.07) is 11.2. The molecule has 3 N–H and O–H groups in total. The van der Waals surface area contributed by atoms with Gasteiger partial charge in [0, 0.05) is 11.6 Å². The lowest BCUT2D eigenvalue weighted by Gasteiger charge is -2.13. The monoisotopic (exact) mass is 381 g/mol. The fraction of sp³-hybridized carbons (Fsp3) is 0.176. The van der Waals surface area contributed by atoms with E-state index in [2.05, 4.69) is 16.2 Å². The van der Waals surface area contributed by atoms with Crippen molar-refractivity contribution in [1.82, 2.24) is 16.2 Å². The number of carbonyl (C=O) groups excluding carboxylic acids is 1. The highest BCUT2D eigenvalue weighted by atomic mass is 35.5. The zero-order valence-electron chi connectivity index (χ0n) is 13.4. The number of nitrogens with one attached hydrogen (secondary N) is 3. The van der Waals surface area contributed by atoms with Crippen LogP contribution >= 0.6 is 23.8 Å². The average molecular weight is 382 g/mol. The molecule has 0 saturated heterocycles. The minimum absolute atomic E-state index is 0.171. The zero-order chi connectivity index (χ0) is 18.2. The topological polar surface area (TPSA) is 62.4 Å². The van der Waals surface area contributed by atoms with Gasteiger partial charge in [0.1, 0.15) is 11.6 Å². The van der Waals surface area contributed by atoms with Crippen molar-refractivity contribution < 1.29 is 13.9 Å². The molecule has 132 valence electrons. The fourth-order valence-corrected chi connectivity index (χ4v) is 2.26. The van der Waals surface area contributed by atoms with Gasteiger partial charge in [-0.2, -0.15) is 0 Å². The Morgan fingerprint density at radius 2 is 1.92 bits per heavy atom. The van der Waals surface area contributed by atoms with Gasteiger partial charge in [-0.15, -0.1) is 0 Å². The van der Waals surface area contributed by atoms with Crippen LogP contribution in [-0.2, 0) is 11.3 Å². The predicted molar refractivity (Wildman–Crippen MR) is 98.8 cm³/mol. The van der Waals surface area contributed by atoms with E-state index in [4.69, 9.17) is 28.6 Å². The summed E-state index contributed by atoms with van der Waals surface area (Å²) in [5.74, 6) is -0.107. The predicted octanol–water partition coefficient (Wildman–Crippen LogP) is 2.86. The first-order valence-corrected chi connectivity index (χ1v) is 8.19. The molecule has 0 bridgehead atoms. The molecule has 0 aliphatic heterocycles. The minimum atomic E-state index is -0.389. The molecule has 8 heteroatoms. The maximum absolute atomic E-state index is 12.8. The highest BCUT2D eigenvalue weighted by molar-refractivity contribution is 7.80. The van der Waals surface area contributed by atoms with Crippen molar-refractivity contribution in [2.24, 2.45) is 0 Å². The lowest BCUT2D eigenvalue weighted by atomic mass is 10.2. The number of hydrogen-bond donors (Lipinski definition) is 3. The highest BCUT2D eigenvalue weighted by Gasteiger charge is 2.06. The summed E-state index contributed by atoms with van der Waals surface area (Å²) in [7, 11) is 0. The van der Waals surface area contributed by atoms with Gasteiger partial charge in [-0.3, -0.25) is 15.6 Å². The van der Waals surface area contributed by atoms with E-state index < -0.39 is 0 Å². The quantitative estimate of drug-likeness (QED) is 0.549. The largest absolute Gasteiger partial charge is 0.483 e. The van der Waals surface area contributed by atoms with Crippen LogP contribution in [0.4, 0.5) is 4.39 Å². The minimum Gasteiger partial charge on any atom is -0.483 e. The standard InChI is InChI=1S/C17H17ClFN3O2S/c1-11-8-13(18)4-7-15(11)24-10-16(23)21-22-17(25)20-9-12-2-5-14(19)6-3-12/h2-8H,9-10H2,1H3,(H,21,23)(H2,20,22,25). The third-order valence-electron chi connectivity index (χ3n) is 3.18. The summed E-state index contributed by atoms with van der Waals surface area (Å²) in [6.45, 7) is 2.07. The molecule has 0 saturated carbocycles. The Labute approximate surface area is 155 Å². The highest BCUT2D eigenvalue weighted by Crippen LogP contribution is 2.21. The van der Waals surface area contributed by atoms with Gasteiger partial charge in [-0.25, -0.2) is 4.39 Å². The van der Waals surface area contributed by atoms with E-state index in [1.165, 1.54) is 12.1 Å². The van der Waals surface area contributed by atoms with Crippen LogP contribution in [0.25, 0.3) is 0 Å². The van der Waals surface area contributed by atoms with Crippen LogP contribution in [0, 0.1) is 12.7 Å². The van der Waals surface area contributed by atoms with Crippen LogP contribution in [0.3, 0.4) is 0 Å². The molecular formula is C17H17ClFN3O2S. The lowest BCUT2D eigenvalue weighted by molar-refractivity contribution is -0.123. The number of benzene rings is 2. The van der Waals surface area contributed by atoms with E-state index in [-0.39, 0.29) is 23.4 Å². The van der Waals surface area contributed by atoms with Gasteiger partial charge in [-0.05, 0) is 60.6 Å². The number of rotatable bonds is 5. The van der Waals surface area contributed by atoms with Gasteiger partial charge in [0.25, 0.3) is 5.91 Å². The van der Waals surface area contributed by atoms with Gasteiger partial charge >= 0.3 is 0 Å². The molecule has 0 radical (unpaired) electrons. The van der Waals surface area contributed by atoms with E-state index in [0.717, 1.165) is 11.1 Å². The fourth-order valence-electron chi connectivity index (χ4n) is 1.91. The van der Waals surface area contributed by atoms with E-state index in [1.807, 2.05) is 6.92 Å². The summed E-state index contributed by atoms with van der Waals surface area (Å²) in [5, 5.41) is 3.73. The molecule has 1 amide bonds. The van der Waals surface area contributed by atoms with Crippen molar-refractivity contribution in [3.63, 3.8) is 0 Å². The maximum atomic E-state index is 12.8. The van der Waals surface area contributed by atoms with E-state index in [9.17, 15) is 9.18 Å². The van der Waals surface area contributed by atoms with Gasteiger partial charge in [-0.1, -0.05) is 23.7 Å². The molecule has 0 unspecified atom stereocenters. The number of amides is 1. The van der Waals surface area contributed by atoms with Crippen LogP contribution in [0.15, 0.2) is 42.5 Å². The van der Waals surface area contributed by atoms with Crippen molar-refractivity contribution in [3.8, 4) is 5.75 Å². The number of aryl methyl sites for hydroxylation is 1. The molecule has 2 aromatic rings. The SMILES string of the molecule is Cc1cc(Cl)ccc1OCC(=O)NNC(=S)NCc1ccc(F)cc1. The average Bonchev–Trinajstić information content (AvgIpc) is 2.58. The second-order valence-electron chi connectivity index (χ2n) is 5.18. The first kappa shape index (κ1) is 19.0. The molecule has 0 fully saturated rings. The van der Waals surface area contributed by atoms with Gasteiger partial charge in [0.2, 0.25) is 0 Å². The molecule has 2 aromatic carbocycles. The number of hydrazine groups is 1. The van der Waals surface area contributed by atoms with Crippen molar-refractivity contribution in [2.75, 3.05) is 6.61 Å². The molecule has 2 rings (SSSR count). The van der Waals surface area contributed by atoms with Crippen LogP contribution < -0.4 is 20.9 Å². The molecule has 0 aromatic heterocycles. The smallest absolute Gasteiger partial charge is 0.276 e. The Hall–Kier alpha value is -2.38. The van der Waals surface area contributed by atoms with Crippen LogP contribution in [0.2, 0.25) is 5.02 Å². The van der Waals surface area contributed by atoms with Crippen LogP contribution in [0.5, 0.6) is 5.75 Å². The summed E-state index contributed by atoms with van der Waals surface area (Å²) >= 11 is 10.9. The summed E-state index contributed by atoms with van der Waals surface area (Å²) in [5.41, 5.74) is 6.69. The van der Waals surface area contributed by atoms with Gasteiger partial charge in [0.15, 0.2) is 11.7 Å². The first-order valence-electron chi connectivity index (χ1n) is 7.40. The van der Waals surface area contributed by atoms with E-state index in [0.29, 0.717) is 17.3 Å². The summed E-state index contributed by atoms with van der Waals surface area (Å²) in [6.07, 6.45) is 0. The van der Waals surface area contributed by atoms with Crippen molar-refractivity contribution in [2.45, 2.75) is 13.5 Å². The molecule has 5 nitrogen and oxygen atoms in total. The second kappa shape index (κ2) is 9.19. The number of thiocarbonyl (C=S) groups is 1. The van der Waals surface area contributed by atoms with Crippen molar-refractivity contribution >= 4 is 34.8 Å². The Bertz CT molecular complexity index is 756. The van der Waals surface area contributed by atoms with E-state index >= 15 is 0 Å². The third kappa shape index (κ3) is 6.56. The van der Waals surface area contributed by atoms with Crippen LogP contribution in [-0.4, -0.2) is 17.6 Å². The number of ether oxygens (including phenoxy) is 1. The Balaban J connectivity index is 1.68. The molecule has 25 heavy (non-hydrogen) atoms. The Morgan fingerprint density at radius 3 is 2.60 bits per heavy atom. The molecule has 0 aliphatic rings. The van der Waals surface area contributed by atoms with Crippen molar-refractivity contribution in [3.05, 3.63) is 64.4 Å². The molecule has 0 atom stereocenters. The number of halogens is 2. The van der Waals surface area contributed by atoms with E-state index in [1.54, 1.807) is 30.3 Å². The van der Waals surface area contributed by atoms with Gasteiger partial charge < -0.3 is 10.1 Å². The molecule has 0 aliphatic carbocycles. The van der Waals surface area contributed by atoms with Crippen molar-refractivity contribution in [1.29, 1.82) is 0 Å². The molecule has 0 heterocycles. The second-order valence-corrected chi connectivity index (χ2v) is 6.03. The lowest BCUT2D eigenvalue weighted by Crippen LogP contribution is -2.48. The summed E-state index contributed by atoms with van der Waals surface area (Å²) < 4.78 is 18.2. The molecule has 0 spiro atoms. The number of carbonyl (C=O) groups is 1. The normalized spacial score (nSPS) is 10.0. The molecular weight excluding hydrogens is 365 g/mol. The van der Waals surface area contributed by atoms with Gasteiger partial charge in [0.05, 0.1) is 0 Å². The number of hydrogen-bond acceptors (Lipinski definition) is 3. The zero-order valence-corrected chi connectivity index (χ0v) is 15.0. The summed E-state index contributed by atoms with van der Waals surface area (Å²) in [4.78, 5) is 11.8. The Morgan fingerprint density at radius 1 is 1.20 bits per heavy atom. The Kier molecular flexibility index (Phi) is 6.97. The maximum Gasteiger partial charge on any atom is 0.276 e. The first-order chi connectivity index (χ1) is 11.9. The third-order valence-corrected chi connectivity index (χ3v) is 3.66. The van der Waals surface area contributed by atoms with Crippen LogP contribution in [0.1, 0.15) is 11.1 Å².